The lowest BCUT2D eigenvalue weighted by Crippen LogP contribution is -2.50. The number of nitrogens with zero attached hydrogens (tertiary/aromatic N) is 3. The standard InChI is InChI=1S/C20H38N4O/c1-3-15-25-20(10-5-4-6-11-20)17-22-19(21-2)24-14-9-18(16-24)23-12-7-8-13-23/h18H,3-17H2,1-2H3,(H,21,22). The third-order valence-electron chi connectivity index (χ3n) is 6.28. The Morgan fingerprint density at radius 3 is 2.56 bits per heavy atom. The number of hydrogen-bond acceptors (Lipinski definition) is 3. The lowest BCUT2D eigenvalue weighted by Gasteiger charge is -2.38. The minimum atomic E-state index is 0.0261. The third-order valence-corrected chi connectivity index (χ3v) is 6.28. The summed E-state index contributed by atoms with van der Waals surface area (Å²) < 4.78 is 6.34. The first-order valence-electron chi connectivity index (χ1n) is 10.6. The molecule has 5 heteroatoms. The summed E-state index contributed by atoms with van der Waals surface area (Å²) in [7, 11) is 1.92. The Balaban J connectivity index is 1.52. The molecule has 2 aliphatic heterocycles. The first-order chi connectivity index (χ1) is 12.3. The van der Waals surface area contributed by atoms with Crippen LogP contribution in [-0.2, 0) is 4.74 Å². The lowest BCUT2D eigenvalue weighted by atomic mass is 9.84. The fraction of sp³-hybridized carbons (Fsp3) is 0.950. The molecular weight excluding hydrogens is 312 g/mol. The van der Waals surface area contributed by atoms with E-state index in [1.807, 2.05) is 7.05 Å². The summed E-state index contributed by atoms with van der Waals surface area (Å²) in [6.45, 7) is 8.82. The first-order valence-corrected chi connectivity index (χ1v) is 10.6. The van der Waals surface area contributed by atoms with E-state index in [1.165, 1.54) is 64.5 Å². The average molecular weight is 351 g/mol. The van der Waals surface area contributed by atoms with Gasteiger partial charge in [-0.3, -0.25) is 9.89 Å². The quantitative estimate of drug-likeness (QED) is 0.591. The molecule has 0 spiro atoms. The van der Waals surface area contributed by atoms with E-state index < -0.39 is 0 Å². The molecule has 0 aromatic carbocycles. The van der Waals surface area contributed by atoms with Crippen molar-refractivity contribution in [2.24, 2.45) is 4.99 Å². The summed E-state index contributed by atoms with van der Waals surface area (Å²) in [5, 5.41) is 3.67. The van der Waals surface area contributed by atoms with Gasteiger partial charge < -0.3 is 15.0 Å². The molecule has 0 aromatic rings. The molecule has 3 fully saturated rings. The highest BCUT2D eigenvalue weighted by Crippen LogP contribution is 2.31. The summed E-state index contributed by atoms with van der Waals surface area (Å²) in [6.07, 6.45) is 11.5. The first kappa shape index (κ1) is 19.0. The Hall–Kier alpha value is -0.810. The van der Waals surface area contributed by atoms with E-state index in [0.717, 1.165) is 44.7 Å². The molecule has 0 amide bonds. The fourth-order valence-corrected chi connectivity index (χ4v) is 4.80. The number of aliphatic imine (C=N–C) groups is 1. The van der Waals surface area contributed by atoms with Crippen molar-refractivity contribution < 1.29 is 4.74 Å². The third kappa shape index (κ3) is 4.88. The van der Waals surface area contributed by atoms with Crippen molar-refractivity contribution in [2.75, 3.05) is 46.4 Å². The maximum absolute atomic E-state index is 6.34. The van der Waals surface area contributed by atoms with Crippen molar-refractivity contribution in [1.82, 2.24) is 15.1 Å². The molecule has 3 rings (SSSR count). The highest BCUT2D eigenvalue weighted by Gasteiger charge is 2.35. The summed E-state index contributed by atoms with van der Waals surface area (Å²) in [4.78, 5) is 9.72. The van der Waals surface area contributed by atoms with Crippen LogP contribution < -0.4 is 5.32 Å². The highest BCUT2D eigenvalue weighted by molar-refractivity contribution is 5.80. The molecule has 3 aliphatic rings. The van der Waals surface area contributed by atoms with Gasteiger partial charge in [-0.15, -0.1) is 0 Å². The van der Waals surface area contributed by atoms with Crippen LogP contribution in [0.5, 0.6) is 0 Å². The molecule has 0 bridgehead atoms. The summed E-state index contributed by atoms with van der Waals surface area (Å²) >= 11 is 0. The molecule has 1 aliphatic carbocycles. The van der Waals surface area contributed by atoms with Crippen molar-refractivity contribution in [3.63, 3.8) is 0 Å². The SMILES string of the molecule is CCCOC1(CNC(=NC)N2CCC(N3CCCC3)C2)CCCCC1. The predicted octanol–water partition coefficient (Wildman–Crippen LogP) is 2.86. The average Bonchev–Trinajstić information content (AvgIpc) is 3.33. The van der Waals surface area contributed by atoms with Crippen molar-refractivity contribution in [3.05, 3.63) is 0 Å². The topological polar surface area (TPSA) is 40.1 Å². The normalized spacial score (nSPS) is 27.8. The Bertz CT molecular complexity index is 427. The van der Waals surface area contributed by atoms with Crippen molar-refractivity contribution in [2.45, 2.75) is 76.4 Å². The van der Waals surface area contributed by atoms with Crippen LogP contribution in [-0.4, -0.2) is 73.8 Å². The van der Waals surface area contributed by atoms with Crippen LogP contribution in [0.2, 0.25) is 0 Å². The zero-order valence-corrected chi connectivity index (χ0v) is 16.4. The minimum Gasteiger partial charge on any atom is -0.373 e. The van der Waals surface area contributed by atoms with E-state index in [-0.39, 0.29) is 5.60 Å². The van der Waals surface area contributed by atoms with E-state index in [9.17, 15) is 0 Å². The molecule has 5 nitrogen and oxygen atoms in total. The lowest BCUT2D eigenvalue weighted by molar-refractivity contribution is -0.0659. The zero-order chi connectivity index (χ0) is 17.5. The van der Waals surface area contributed by atoms with Crippen molar-refractivity contribution in [3.8, 4) is 0 Å². The van der Waals surface area contributed by atoms with Crippen LogP contribution in [0.25, 0.3) is 0 Å². The molecule has 0 aromatic heterocycles. The van der Waals surface area contributed by atoms with E-state index in [1.54, 1.807) is 0 Å². The van der Waals surface area contributed by atoms with Crippen LogP contribution >= 0.6 is 0 Å². The molecule has 25 heavy (non-hydrogen) atoms. The van der Waals surface area contributed by atoms with Gasteiger partial charge >= 0.3 is 0 Å². The number of rotatable bonds is 6. The molecule has 2 saturated heterocycles. The van der Waals surface area contributed by atoms with Crippen LogP contribution in [0.15, 0.2) is 4.99 Å². The Morgan fingerprint density at radius 1 is 1.12 bits per heavy atom. The van der Waals surface area contributed by atoms with E-state index in [0.29, 0.717) is 0 Å². The van der Waals surface area contributed by atoms with Gasteiger partial charge in [0.1, 0.15) is 0 Å². The summed E-state index contributed by atoms with van der Waals surface area (Å²) in [5.41, 5.74) is 0.0261. The van der Waals surface area contributed by atoms with E-state index >= 15 is 0 Å². The van der Waals surface area contributed by atoms with Gasteiger partial charge in [0.15, 0.2) is 5.96 Å². The smallest absolute Gasteiger partial charge is 0.193 e. The second-order valence-electron chi connectivity index (χ2n) is 8.12. The van der Waals surface area contributed by atoms with Gasteiger partial charge in [0.25, 0.3) is 0 Å². The van der Waals surface area contributed by atoms with Crippen LogP contribution in [0, 0.1) is 0 Å². The van der Waals surface area contributed by atoms with Crippen molar-refractivity contribution in [1.29, 1.82) is 0 Å². The molecule has 1 saturated carbocycles. The van der Waals surface area contributed by atoms with E-state index in [4.69, 9.17) is 4.74 Å². The number of guanidine groups is 1. The number of ether oxygens (including phenoxy) is 1. The molecule has 144 valence electrons. The highest BCUT2D eigenvalue weighted by atomic mass is 16.5. The predicted molar refractivity (Wildman–Crippen MR) is 104 cm³/mol. The van der Waals surface area contributed by atoms with Crippen LogP contribution in [0.1, 0.15) is 64.7 Å². The second-order valence-corrected chi connectivity index (χ2v) is 8.12. The van der Waals surface area contributed by atoms with Crippen molar-refractivity contribution >= 4 is 5.96 Å². The zero-order valence-electron chi connectivity index (χ0n) is 16.4. The molecule has 1 N–H and O–H groups in total. The van der Waals surface area contributed by atoms with Gasteiger partial charge in [-0.1, -0.05) is 26.2 Å². The van der Waals surface area contributed by atoms with Gasteiger partial charge in [-0.2, -0.15) is 0 Å². The van der Waals surface area contributed by atoms with E-state index in [2.05, 4.69) is 27.0 Å². The Labute approximate surface area is 154 Å². The van der Waals surface area contributed by atoms with Crippen LogP contribution in [0.3, 0.4) is 0 Å². The van der Waals surface area contributed by atoms with Gasteiger partial charge in [-0.05, 0) is 51.6 Å². The largest absolute Gasteiger partial charge is 0.373 e. The summed E-state index contributed by atoms with van der Waals surface area (Å²) in [6, 6.07) is 0.723. The van der Waals surface area contributed by atoms with Gasteiger partial charge in [0, 0.05) is 39.3 Å². The van der Waals surface area contributed by atoms with Gasteiger partial charge in [0.05, 0.1) is 5.60 Å². The molecule has 2 heterocycles. The monoisotopic (exact) mass is 350 g/mol. The fourth-order valence-electron chi connectivity index (χ4n) is 4.80. The number of likely N-dealkylation sites (tertiary alicyclic amines) is 2. The minimum absolute atomic E-state index is 0.0261. The maximum Gasteiger partial charge on any atom is 0.193 e. The van der Waals surface area contributed by atoms with Crippen LogP contribution in [0.4, 0.5) is 0 Å². The molecule has 1 unspecified atom stereocenters. The Morgan fingerprint density at radius 2 is 1.88 bits per heavy atom. The van der Waals surface area contributed by atoms with Gasteiger partial charge in [0.2, 0.25) is 0 Å². The summed E-state index contributed by atoms with van der Waals surface area (Å²) in [5.74, 6) is 1.08. The molecular formula is C20H38N4O. The van der Waals surface area contributed by atoms with Gasteiger partial charge in [-0.25, -0.2) is 0 Å². The molecule has 1 atom stereocenters. The second kappa shape index (κ2) is 9.22. The number of hydrogen-bond donors (Lipinski definition) is 1. The molecule has 0 radical (unpaired) electrons. The maximum atomic E-state index is 6.34. The Kier molecular flexibility index (Phi) is 7.00. The number of nitrogens with one attached hydrogen (secondary N) is 1.